The molecule has 0 aromatic carbocycles. The summed E-state index contributed by atoms with van der Waals surface area (Å²) in [7, 11) is 0. The van der Waals surface area contributed by atoms with Crippen molar-refractivity contribution in [3.63, 3.8) is 0 Å². The van der Waals surface area contributed by atoms with Gasteiger partial charge in [0.05, 0.1) is 18.4 Å². The minimum Gasteiger partial charge on any atom is -0.465 e. The van der Waals surface area contributed by atoms with Crippen LogP contribution in [0.25, 0.3) is 11.2 Å². The summed E-state index contributed by atoms with van der Waals surface area (Å²) in [5.74, 6) is -1.63. The van der Waals surface area contributed by atoms with Crippen LogP contribution in [-0.2, 0) is 9.53 Å². The predicted molar refractivity (Wildman–Crippen MR) is 62.3 cm³/mol. The highest BCUT2D eigenvalue weighted by atomic mass is 16.5. The van der Waals surface area contributed by atoms with Crippen molar-refractivity contribution in [1.82, 2.24) is 15.0 Å². The van der Waals surface area contributed by atoms with Gasteiger partial charge in [0, 0.05) is 12.4 Å². The normalized spacial score (nSPS) is 11.8. The zero-order valence-electron chi connectivity index (χ0n) is 9.70. The van der Waals surface area contributed by atoms with E-state index in [1.165, 1.54) is 6.20 Å². The molecular formula is C12H10N4O2. The van der Waals surface area contributed by atoms with E-state index in [0.29, 0.717) is 16.9 Å². The molecule has 1 unspecified atom stereocenters. The molecule has 18 heavy (non-hydrogen) atoms. The molecule has 2 aromatic heterocycles. The fraction of sp³-hybridized carbons (Fsp3) is 0.250. The average molecular weight is 242 g/mol. The lowest BCUT2D eigenvalue weighted by Crippen LogP contribution is -2.15. The molecule has 2 rings (SSSR count). The quantitative estimate of drug-likeness (QED) is 0.751. The highest BCUT2D eigenvalue weighted by Gasteiger charge is 2.23. The van der Waals surface area contributed by atoms with Crippen molar-refractivity contribution in [1.29, 1.82) is 5.26 Å². The van der Waals surface area contributed by atoms with Gasteiger partial charge in [0.25, 0.3) is 0 Å². The van der Waals surface area contributed by atoms with Gasteiger partial charge in [0.15, 0.2) is 11.6 Å². The second-order valence-corrected chi connectivity index (χ2v) is 3.45. The minimum absolute atomic E-state index is 0.227. The lowest BCUT2D eigenvalue weighted by Gasteiger charge is -2.07. The first-order chi connectivity index (χ1) is 8.76. The van der Waals surface area contributed by atoms with Crippen LogP contribution in [0.4, 0.5) is 0 Å². The Labute approximate surface area is 103 Å². The van der Waals surface area contributed by atoms with Gasteiger partial charge in [-0.25, -0.2) is 9.97 Å². The first-order valence-electron chi connectivity index (χ1n) is 5.40. The molecule has 0 spiro atoms. The molecule has 6 nitrogen and oxygen atoms in total. The Morgan fingerprint density at radius 1 is 1.44 bits per heavy atom. The number of esters is 1. The highest BCUT2D eigenvalue weighted by Crippen LogP contribution is 2.16. The van der Waals surface area contributed by atoms with Crippen LogP contribution in [0, 0.1) is 11.3 Å². The van der Waals surface area contributed by atoms with E-state index in [0.717, 1.165) is 0 Å². The molecule has 0 radical (unpaired) electrons. The molecule has 0 N–H and O–H groups in total. The van der Waals surface area contributed by atoms with Crippen molar-refractivity contribution in [2.75, 3.05) is 6.61 Å². The Bertz CT molecular complexity index is 621. The summed E-state index contributed by atoms with van der Waals surface area (Å²) < 4.78 is 4.82. The third-order valence-electron chi connectivity index (χ3n) is 2.30. The molecule has 2 heterocycles. The number of ether oxygens (including phenoxy) is 1. The summed E-state index contributed by atoms with van der Waals surface area (Å²) in [6.07, 6.45) is 3.06. The maximum absolute atomic E-state index is 11.6. The number of rotatable bonds is 3. The Morgan fingerprint density at radius 3 is 2.94 bits per heavy atom. The largest absolute Gasteiger partial charge is 0.465 e. The number of carbonyl (C=O) groups is 1. The summed E-state index contributed by atoms with van der Waals surface area (Å²) >= 11 is 0. The average Bonchev–Trinajstić information content (AvgIpc) is 2.40. The van der Waals surface area contributed by atoms with E-state index in [4.69, 9.17) is 10.00 Å². The molecule has 0 saturated heterocycles. The molecule has 0 fully saturated rings. The summed E-state index contributed by atoms with van der Waals surface area (Å²) in [6.45, 7) is 1.91. The van der Waals surface area contributed by atoms with Crippen LogP contribution in [0.2, 0.25) is 0 Å². The fourth-order valence-corrected chi connectivity index (χ4v) is 1.49. The minimum atomic E-state index is -1.03. The fourth-order valence-electron chi connectivity index (χ4n) is 1.49. The van der Waals surface area contributed by atoms with Crippen LogP contribution in [0.3, 0.4) is 0 Å². The van der Waals surface area contributed by atoms with Gasteiger partial charge in [-0.2, -0.15) is 5.26 Å². The van der Waals surface area contributed by atoms with E-state index in [1.807, 2.05) is 6.07 Å². The zero-order chi connectivity index (χ0) is 13.0. The second-order valence-electron chi connectivity index (χ2n) is 3.45. The SMILES string of the molecule is CCOC(=O)C(C#N)c1ccc2nccnc2n1. The zero-order valence-corrected chi connectivity index (χ0v) is 9.70. The predicted octanol–water partition coefficient (Wildman–Crippen LogP) is 1.20. The van der Waals surface area contributed by atoms with Crippen LogP contribution < -0.4 is 0 Å². The Kier molecular flexibility index (Phi) is 3.44. The van der Waals surface area contributed by atoms with Gasteiger partial charge in [-0.1, -0.05) is 0 Å². The number of hydrogen-bond acceptors (Lipinski definition) is 6. The Balaban J connectivity index is 2.40. The van der Waals surface area contributed by atoms with Crippen molar-refractivity contribution in [2.24, 2.45) is 0 Å². The summed E-state index contributed by atoms with van der Waals surface area (Å²) in [4.78, 5) is 23.8. The van der Waals surface area contributed by atoms with E-state index in [1.54, 1.807) is 25.3 Å². The van der Waals surface area contributed by atoms with Gasteiger partial charge >= 0.3 is 5.97 Å². The first-order valence-corrected chi connectivity index (χ1v) is 5.40. The van der Waals surface area contributed by atoms with Gasteiger partial charge in [0.2, 0.25) is 0 Å². The van der Waals surface area contributed by atoms with Gasteiger partial charge in [-0.3, -0.25) is 9.78 Å². The molecule has 0 saturated carbocycles. The number of hydrogen-bond donors (Lipinski definition) is 0. The molecule has 6 heteroatoms. The molecule has 0 aliphatic heterocycles. The third kappa shape index (κ3) is 2.25. The second kappa shape index (κ2) is 5.19. The van der Waals surface area contributed by atoms with Crippen molar-refractivity contribution in [2.45, 2.75) is 12.8 Å². The van der Waals surface area contributed by atoms with Gasteiger partial charge in [0.1, 0.15) is 5.52 Å². The van der Waals surface area contributed by atoms with E-state index in [9.17, 15) is 4.79 Å². The number of nitrogens with zero attached hydrogens (tertiary/aromatic N) is 4. The van der Waals surface area contributed by atoms with E-state index >= 15 is 0 Å². The highest BCUT2D eigenvalue weighted by molar-refractivity contribution is 5.81. The van der Waals surface area contributed by atoms with Crippen molar-refractivity contribution >= 4 is 17.1 Å². The molecule has 1 atom stereocenters. The topological polar surface area (TPSA) is 88.8 Å². The van der Waals surface area contributed by atoms with Crippen LogP contribution in [-0.4, -0.2) is 27.5 Å². The summed E-state index contributed by atoms with van der Waals surface area (Å²) in [6, 6.07) is 5.14. The lowest BCUT2D eigenvalue weighted by molar-refractivity contribution is -0.143. The summed E-state index contributed by atoms with van der Waals surface area (Å²) in [5, 5.41) is 9.02. The standard InChI is InChI=1S/C12H10N4O2/c1-2-18-12(17)8(7-13)9-3-4-10-11(16-9)15-6-5-14-10/h3-6,8H,2H2,1H3. The van der Waals surface area contributed by atoms with Crippen molar-refractivity contribution < 1.29 is 9.53 Å². The van der Waals surface area contributed by atoms with Gasteiger partial charge in [-0.15, -0.1) is 0 Å². The lowest BCUT2D eigenvalue weighted by atomic mass is 10.1. The van der Waals surface area contributed by atoms with E-state index < -0.39 is 11.9 Å². The van der Waals surface area contributed by atoms with Crippen LogP contribution in [0.1, 0.15) is 18.5 Å². The monoisotopic (exact) mass is 242 g/mol. The van der Waals surface area contributed by atoms with Gasteiger partial charge < -0.3 is 4.74 Å². The number of pyridine rings is 1. The van der Waals surface area contributed by atoms with Crippen molar-refractivity contribution in [3.05, 3.63) is 30.2 Å². The molecule has 0 aliphatic carbocycles. The van der Waals surface area contributed by atoms with E-state index in [-0.39, 0.29) is 6.61 Å². The number of fused-ring (bicyclic) bond motifs is 1. The molecule has 0 aliphatic rings. The molecule has 90 valence electrons. The Morgan fingerprint density at radius 2 is 2.22 bits per heavy atom. The van der Waals surface area contributed by atoms with Crippen LogP contribution >= 0.6 is 0 Å². The smallest absolute Gasteiger partial charge is 0.329 e. The number of nitriles is 1. The number of carbonyl (C=O) groups excluding carboxylic acids is 1. The molecule has 0 bridgehead atoms. The number of aromatic nitrogens is 3. The summed E-state index contributed by atoms with van der Waals surface area (Å²) in [5.41, 5.74) is 1.34. The van der Waals surface area contributed by atoms with Gasteiger partial charge in [-0.05, 0) is 19.1 Å². The molecule has 0 amide bonds. The van der Waals surface area contributed by atoms with Crippen LogP contribution in [0.5, 0.6) is 0 Å². The third-order valence-corrected chi connectivity index (χ3v) is 2.30. The first kappa shape index (κ1) is 11.9. The molecule has 2 aromatic rings. The van der Waals surface area contributed by atoms with E-state index in [2.05, 4.69) is 15.0 Å². The maximum atomic E-state index is 11.6. The van der Waals surface area contributed by atoms with Crippen LogP contribution in [0.15, 0.2) is 24.5 Å². The Hall–Kier alpha value is -2.55. The maximum Gasteiger partial charge on any atom is 0.329 e. The van der Waals surface area contributed by atoms with Crippen molar-refractivity contribution in [3.8, 4) is 6.07 Å². The molecular weight excluding hydrogens is 232 g/mol.